The summed E-state index contributed by atoms with van der Waals surface area (Å²) in [5, 5.41) is 14.2. The van der Waals surface area contributed by atoms with Gasteiger partial charge in [0.15, 0.2) is 0 Å². The van der Waals surface area contributed by atoms with Crippen molar-refractivity contribution in [3.05, 3.63) is 27.0 Å². The lowest BCUT2D eigenvalue weighted by molar-refractivity contribution is -0.384. The molecule has 1 aliphatic heterocycles. The number of rotatable bonds is 3. The molecule has 0 aromatic carbocycles. The summed E-state index contributed by atoms with van der Waals surface area (Å²) in [5.74, 6) is 0.348. The molecule has 1 aromatic heterocycles. The van der Waals surface area contributed by atoms with Crippen LogP contribution in [0.1, 0.15) is 12.8 Å². The highest BCUT2D eigenvalue weighted by Gasteiger charge is 2.51. The molecule has 1 aromatic rings. The van der Waals surface area contributed by atoms with Crippen LogP contribution in [0.5, 0.6) is 0 Å². The fourth-order valence-corrected chi connectivity index (χ4v) is 3.43. The molecular formula is C12H15BrN4O3. The molecule has 0 bridgehead atoms. The molecular weight excluding hydrogens is 328 g/mol. The predicted molar refractivity (Wildman–Crippen MR) is 76.4 cm³/mol. The van der Waals surface area contributed by atoms with E-state index in [4.69, 9.17) is 10.5 Å². The average molecular weight is 343 g/mol. The second-order valence-electron chi connectivity index (χ2n) is 5.16. The summed E-state index contributed by atoms with van der Waals surface area (Å²) in [5.41, 5.74) is 6.51. The standard InChI is InChI=1S/C12H15BrN4O3/c13-7-4-15-5-8(17(18)19)10(7)16-11-9(14)6-2-1-3-20-12(6)11/h4-6,9,11-12H,1-3,14H2,(H,15,16). The molecule has 2 heterocycles. The monoisotopic (exact) mass is 342 g/mol. The molecule has 3 N–H and O–H groups in total. The summed E-state index contributed by atoms with van der Waals surface area (Å²) in [6.07, 6.45) is 4.89. The Morgan fingerprint density at radius 1 is 1.55 bits per heavy atom. The summed E-state index contributed by atoms with van der Waals surface area (Å²) in [6, 6.07) is -0.141. The van der Waals surface area contributed by atoms with Gasteiger partial charge in [0, 0.05) is 24.8 Å². The van der Waals surface area contributed by atoms with E-state index in [-0.39, 0.29) is 23.9 Å². The fraction of sp³-hybridized carbons (Fsp3) is 0.583. The number of nitrogens with zero attached hydrogens (tertiary/aromatic N) is 2. The first-order valence-corrected chi connectivity index (χ1v) is 7.30. The molecule has 1 saturated carbocycles. The van der Waals surface area contributed by atoms with Gasteiger partial charge in [0.05, 0.1) is 21.5 Å². The normalized spacial score (nSPS) is 32.1. The number of halogens is 1. The number of nitro groups is 1. The zero-order chi connectivity index (χ0) is 14.3. The van der Waals surface area contributed by atoms with E-state index in [2.05, 4.69) is 26.2 Å². The summed E-state index contributed by atoms with van der Waals surface area (Å²) >= 11 is 3.29. The minimum atomic E-state index is -0.455. The van der Waals surface area contributed by atoms with Crippen molar-refractivity contribution in [1.29, 1.82) is 0 Å². The Hall–Kier alpha value is -1.25. The molecule has 2 aliphatic rings. The number of pyridine rings is 1. The third-order valence-electron chi connectivity index (χ3n) is 4.06. The zero-order valence-corrected chi connectivity index (χ0v) is 12.2. The molecule has 0 spiro atoms. The van der Waals surface area contributed by atoms with E-state index < -0.39 is 4.92 Å². The van der Waals surface area contributed by atoms with Crippen LogP contribution in [-0.4, -0.2) is 34.7 Å². The third kappa shape index (κ3) is 2.17. The first-order chi connectivity index (χ1) is 9.59. The predicted octanol–water partition coefficient (Wildman–Crippen LogP) is 1.67. The van der Waals surface area contributed by atoms with E-state index in [1.54, 1.807) is 0 Å². The molecule has 1 aliphatic carbocycles. The number of fused-ring (bicyclic) bond motifs is 1. The first-order valence-electron chi connectivity index (χ1n) is 6.51. The van der Waals surface area contributed by atoms with Crippen LogP contribution in [0.3, 0.4) is 0 Å². The number of hydrogen-bond donors (Lipinski definition) is 2. The molecule has 108 valence electrons. The van der Waals surface area contributed by atoms with Gasteiger partial charge in [-0.2, -0.15) is 0 Å². The van der Waals surface area contributed by atoms with Crippen molar-refractivity contribution in [1.82, 2.24) is 4.98 Å². The maximum Gasteiger partial charge on any atom is 0.311 e. The Balaban J connectivity index is 1.83. The van der Waals surface area contributed by atoms with Gasteiger partial charge in [0.25, 0.3) is 0 Å². The van der Waals surface area contributed by atoms with E-state index in [1.165, 1.54) is 12.4 Å². The van der Waals surface area contributed by atoms with Gasteiger partial charge in [-0.1, -0.05) is 0 Å². The largest absolute Gasteiger partial charge is 0.376 e. The third-order valence-corrected chi connectivity index (χ3v) is 4.67. The fourth-order valence-electron chi connectivity index (χ4n) is 3.00. The molecule has 20 heavy (non-hydrogen) atoms. The Bertz CT molecular complexity index is 541. The molecule has 7 nitrogen and oxygen atoms in total. The van der Waals surface area contributed by atoms with E-state index in [0.717, 1.165) is 19.4 Å². The SMILES string of the molecule is NC1C2CCCOC2C1Nc1c(Br)cncc1[N+](=O)[O-]. The van der Waals surface area contributed by atoms with Gasteiger partial charge in [-0.3, -0.25) is 15.1 Å². The highest BCUT2D eigenvalue weighted by Crippen LogP contribution is 2.41. The summed E-state index contributed by atoms with van der Waals surface area (Å²) in [7, 11) is 0. The van der Waals surface area contributed by atoms with Crippen LogP contribution in [0.4, 0.5) is 11.4 Å². The molecule has 4 unspecified atom stereocenters. The highest BCUT2D eigenvalue weighted by molar-refractivity contribution is 9.10. The number of nitrogens with two attached hydrogens (primary N) is 1. The average Bonchev–Trinajstić information content (AvgIpc) is 2.45. The topological polar surface area (TPSA) is 103 Å². The zero-order valence-electron chi connectivity index (χ0n) is 10.7. The lowest BCUT2D eigenvalue weighted by Crippen LogP contribution is -2.69. The van der Waals surface area contributed by atoms with Crippen molar-refractivity contribution < 1.29 is 9.66 Å². The van der Waals surface area contributed by atoms with Crippen molar-refractivity contribution in [2.45, 2.75) is 31.0 Å². The van der Waals surface area contributed by atoms with E-state index in [0.29, 0.717) is 16.1 Å². The molecule has 3 rings (SSSR count). The molecule has 4 atom stereocenters. The smallest absolute Gasteiger partial charge is 0.311 e. The summed E-state index contributed by atoms with van der Waals surface area (Å²) < 4.78 is 6.28. The quantitative estimate of drug-likeness (QED) is 0.639. The van der Waals surface area contributed by atoms with Gasteiger partial charge in [-0.25, -0.2) is 0 Å². The van der Waals surface area contributed by atoms with Crippen LogP contribution in [0.15, 0.2) is 16.9 Å². The van der Waals surface area contributed by atoms with Gasteiger partial charge >= 0.3 is 5.69 Å². The molecule has 0 amide bonds. The van der Waals surface area contributed by atoms with Crippen LogP contribution in [0.25, 0.3) is 0 Å². The van der Waals surface area contributed by atoms with Crippen molar-refractivity contribution in [2.24, 2.45) is 11.7 Å². The van der Waals surface area contributed by atoms with Gasteiger partial charge in [0.1, 0.15) is 11.9 Å². The molecule has 0 radical (unpaired) electrons. The minimum Gasteiger partial charge on any atom is -0.376 e. The first kappa shape index (κ1) is 13.7. The van der Waals surface area contributed by atoms with Crippen LogP contribution in [0.2, 0.25) is 0 Å². The second-order valence-corrected chi connectivity index (χ2v) is 6.02. The lowest BCUT2D eigenvalue weighted by atomic mass is 9.68. The van der Waals surface area contributed by atoms with Gasteiger partial charge < -0.3 is 15.8 Å². The van der Waals surface area contributed by atoms with Crippen molar-refractivity contribution in [2.75, 3.05) is 11.9 Å². The van der Waals surface area contributed by atoms with Crippen molar-refractivity contribution >= 4 is 27.3 Å². The minimum absolute atomic E-state index is 0.0402. The van der Waals surface area contributed by atoms with Gasteiger partial charge in [-0.15, -0.1) is 0 Å². The van der Waals surface area contributed by atoms with E-state index in [1.807, 2.05) is 0 Å². The number of aromatic nitrogens is 1. The maximum absolute atomic E-state index is 11.1. The van der Waals surface area contributed by atoms with Crippen molar-refractivity contribution in [3.8, 4) is 0 Å². The van der Waals surface area contributed by atoms with E-state index in [9.17, 15) is 10.1 Å². The van der Waals surface area contributed by atoms with Crippen LogP contribution >= 0.6 is 15.9 Å². The van der Waals surface area contributed by atoms with Gasteiger partial charge in [-0.05, 0) is 28.8 Å². The van der Waals surface area contributed by atoms with Crippen LogP contribution in [-0.2, 0) is 4.74 Å². The summed E-state index contributed by atoms with van der Waals surface area (Å²) in [4.78, 5) is 14.4. The number of ether oxygens (including phenoxy) is 1. The Morgan fingerprint density at radius 3 is 3.10 bits per heavy atom. The Kier molecular flexibility index (Phi) is 3.61. The van der Waals surface area contributed by atoms with Crippen LogP contribution < -0.4 is 11.1 Å². The van der Waals surface area contributed by atoms with Crippen LogP contribution in [0, 0.1) is 16.0 Å². The Labute approximate surface area is 124 Å². The van der Waals surface area contributed by atoms with Crippen molar-refractivity contribution in [3.63, 3.8) is 0 Å². The molecule has 1 saturated heterocycles. The highest BCUT2D eigenvalue weighted by atomic mass is 79.9. The lowest BCUT2D eigenvalue weighted by Gasteiger charge is -2.52. The molecule has 8 heteroatoms. The van der Waals surface area contributed by atoms with Gasteiger partial charge in [0.2, 0.25) is 0 Å². The summed E-state index contributed by atoms with van der Waals surface area (Å²) in [6.45, 7) is 0.728. The molecule has 2 fully saturated rings. The van der Waals surface area contributed by atoms with E-state index >= 15 is 0 Å². The number of hydrogen-bond acceptors (Lipinski definition) is 6. The second kappa shape index (κ2) is 5.27. The number of nitrogens with one attached hydrogen (secondary N) is 1. The maximum atomic E-state index is 11.1. The Morgan fingerprint density at radius 2 is 2.35 bits per heavy atom. The number of anilines is 1.